The number of likely N-dealkylation sites (N-methyl/N-ethyl adjacent to an activating group) is 1. The van der Waals surface area contributed by atoms with Gasteiger partial charge in [-0.05, 0) is 44.4 Å². The van der Waals surface area contributed by atoms with Crippen molar-refractivity contribution < 1.29 is 19.2 Å². The Balaban J connectivity index is 0.000000202. The first-order valence-corrected chi connectivity index (χ1v) is 13.6. The lowest BCUT2D eigenvalue weighted by Crippen LogP contribution is -2.38. The molecule has 1 fully saturated rings. The molecule has 0 bridgehead atoms. The van der Waals surface area contributed by atoms with Crippen molar-refractivity contribution in [3.8, 4) is 0 Å². The van der Waals surface area contributed by atoms with Crippen molar-refractivity contribution in [1.82, 2.24) is 19.8 Å². The van der Waals surface area contributed by atoms with E-state index in [9.17, 15) is 19.2 Å². The molecule has 0 saturated carbocycles. The number of amides is 4. The van der Waals surface area contributed by atoms with E-state index < -0.39 is 17.7 Å². The smallest absolute Gasteiger partial charge is 0.314 e. The molecular weight excluding hydrogens is 506 g/mol. The highest BCUT2D eigenvalue weighted by molar-refractivity contribution is 7.13. The molecule has 0 aromatic carbocycles. The van der Waals surface area contributed by atoms with Crippen molar-refractivity contribution >= 4 is 40.8 Å². The Hall–Kier alpha value is -3.38. The number of piperidine rings is 1. The molecule has 2 aliphatic heterocycles. The van der Waals surface area contributed by atoms with Crippen molar-refractivity contribution in [2.24, 2.45) is 17.4 Å². The van der Waals surface area contributed by atoms with Crippen LogP contribution in [-0.2, 0) is 33.8 Å². The second-order valence-corrected chi connectivity index (χ2v) is 10.6. The van der Waals surface area contributed by atoms with Gasteiger partial charge in [-0.1, -0.05) is 26.8 Å². The van der Waals surface area contributed by atoms with Crippen molar-refractivity contribution in [2.75, 3.05) is 32.0 Å². The van der Waals surface area contributed by atoms with E-state index in [2.05, 4.69) is 27.2 Å². The van der Waals surface area contributed by atoms with Gasteiger partial charge in [-0.3, -0.25) is 19.2 Å². The number of anilines is 1. The first kappa shape index (κ1) is 30.8. The highest BCUT2D eigenvalue weighted by atomic mass is 32.1. The third-order valence-corrected chi connectivity index (χ3v) is 7.09. The number of carbonyl (C=O) groups excluding carboxylic acids is 4. The van der Waals surface area contributed by atoms with Gasteiger partial charge in [0.05, 0.1) is 5.69 Å². The van der Waals surface area contributed by atoms with E-state index in [1.165, 1.54) is 35.5 Å². The van der Waals surface area contributed by atoms with Crippen LogP contribution in [0.1, 0.15) is 66.0 Å². The second-order valence-electron chi connectivity index (χ2n) is 9.51. The van der Waals surface area contributed by atoms with Crippen molar-refractivity contribution in [1.29, 1.82) is 0 Å². The topological polar surface area (TPSA) is 165 Å². The number of hydrogen-bond donors (Lipinski definition) is 3. The Morgan fingerprint density at radius 2 is 1.76 bits per heavy atom. The number of carbonyl (C=O) groups is 4. The molecule has 4 heterocycles. The Morgan fingerprint density at radius 3 is 2.29 bits per heavy atom. The molecule has 208 valence electrons. The molecule has 38 heavy (non-hydrogen) atoms. The van der Waals surface area contributed by atoms with E-state index in [1.54, 1.807) is 12.3 Å². The molecule has 2 aliphatic rings. The summed E-state index contributed by atoms with van der Waals surface area (Å²) in [4.78, 5) is 57.1. The number of primary amides is 2. The molecule has 2 aromatic heterocycles. The van der Waals surface area contributed by atoms with Crippen LogP contribution in [0.4, 0.5) is 5.82 Å². The number of thiazole rings is 1. The minimum absolute atomic E-state index is 0.174. The number of aromatic nitrogens is 2. The second kappa shape index (κ2) is 15.1. The molecular formula is C26H39N7O4S. The third-order valence-electron chi connectivity index (χ3n) is 5.99. The first-order chi connectivity index (χ1) is 18.0. The Labute approximate surface area is 228 Å². The summed E-state index contributed by atoms with van der Waals surface area (Å²) in [5.74, 6) is -1.47. The molecule has 11 nitrogen and oxygen atoms in total. The molecule has 5 N–H and O–H groups in total. The van der Waals surface area contributed by atoms with Crippen LogP contribution in [0.5, 0.6) is 0 Å². The lowest BCUT2D eigenvalue weighted by Gasteiger charge is -2.28. The fourth-order valence-corrected chi connectivity index (χ4v) is 4.83. The molecule has 0 atom stereocenters. The molecule has 0 aliphatic carbocycles. The van der Waals surface area contributed by atoms with Gasteiger partial charge in [-0.15, -0.1) is 11.3 Å². The Morgan fingerprint density at radius 1 is 1.08 bits per heavy atom. The Kier molecular flexibility index (Phi) is 12.3. The monoisotopic (exact) mass is 545 g/mol. The van der Waals surface area contributed by atoms with Crippen LogP contribution < -0.4 is 16.8 Å². The predicted molar refractivity (Wildman–Crippen MR) is 147 cm³/mol. The standard InChI is InChI=1S/C9H11N3O2.C9H17NO.C8H11N3OS/c1-2-6-3-4-7(11-5-6)12-9(14)8(10)13;1-8(2)9(11)10-6-4-3-5-7-10;1-11-3-2-5-6(4-11)13-8(10-5)7(9)12/h3-5H,2H2,1H3,(H2,10,13)(H,11,12,14);8H,3-7H2,1-2H3;2-4H2,1H3,(H2,9,12). The van der Waals surface area contributed by atoms with Crippen LogP contribution in [-0.4, -0.2) is 70.1 Å². The molecule has 0 radical (unpaired) electrons. The van der Waals surface area contributed by atoms with Gasteiger partial charge in [-0.2, -0.15) is 0 Å². The number of aryl methyl sites for hydroxylation is 1. The molecule has 1 saturated heterocycles. The molecule has 2 aromatic rings. The predicted octanol–water partition coefficient (Wildman–Crippen LogP) is 1.95. The van der Waals surface area contributed by atoms with Gasteiger partial charge in [0, 0.05) is 49.6 Å². The fourth-order valence-electron chi connectivity index (χ4n) is 3.79. The van der Waals surface area contributed by atoms with E-state index in [0.717, 1.165) is 50.3 Å². The van der Waals surface area contributed by atoms with Crippen LogP contribution in [0.2, 0.25) is 0 Å². The van der Waals surface area contributed by atoms with Crippen LogP contribution in [0, 0.1) is 5.92 Å². The number of nitrogens with one attached hydrogen (secondary N) is 1. The maximum atomic E-state index is 11.4. The Bertz CT molecular complexity index is 1100. The lowest BCUT2D eigenvalue weighted by atomic mass is 10.1. The summed E-state index contributed by atoms with van der Waals surface area (Å²) in [5, 5.41) is 2.71. The number of likely N-dealkylation sites (tertiary alicyclic amines) is 1. The zero-order chi connectivity index (χ0) is 28.2. The molecule has 4 rings (SSSR count). The largest absolute Gasteiger partial charge is 0.364 e. The van der Waals surface area contributed by atoms with Crippen LogP contribution >= 0.6 is 11.3 Å². The summed E-state index contributed by atoms with van der Waals surface area (Å²) >= 11 is 1.42. The number of fused-ring (bicyclic) bond motifs is 1. The van der Waals surface area contributed by atoms with Gasteiger partial charge in [0.25, 0.3) is 5.91 Å². The molecule has 0 spiro atoms. The summed E-state index contributed by atoms with van der Waals surface area (Å²) in [6, 6.07) is 3.45. The average Bonchev–Trinajstić information content (AvgIpc) is 3.33. The molecule has 0 unspecified atom stereocenters. The van der Waals surface area contributed by atoms with Gasteiger partial charge < -0.3 is 26.6 Å². The number of nitrogens with zero attached hydrogens (tertiary/aromatic N) is 4. The molecule has 4 amide bonds. The van der Waals surface area contributed by atoms with Crippen LogP contribution in [0.25, 0.3) is 0 Å². The van der Waals surface area contributed by atoms with E-state index in [-0.39, 0.29) is 5.92 Å². The number of rotatable bonds is 4. The maximum Gasteiger partial charge on any atom is 0.314 e. The highest BCUT2D eigenvalue weighted by Crippen LogP contribution is 2.23. The van der Waals surface area contributed by atoms with Gasteiger partial charge in [0.15, 0.2) is 5.01 Å². The van der Waals surface area contributed by atoms with Crippen LogP contribution in [0.15, 0.2) is 18.3 Å². The van der Waals surface area contributed by atoms with E-state index in [0.29, 0.717) is 16.7 Å². The first-order valence-electron chi connectivity index (χ1n) is 12.8. The van der Waals surface area contributed by atoms with E-state index >= 15 is 0 Å². The number of pyridine rings is 1. The zero-order valence-electron chi connectivity index (χ0n) is 22.7. The van der Waals surface area contributed by atoms with Gasteiger partial charge in [0.2, 0.25) is 5.91 Å². The summed E-state index contributed by atoms with van der Waals surface area (Å²) < 4.78 is 0. The van der Waals surface area contributed by atoms with Gasteiger partial charge in [-0.25, -0.2) is 9.97 Å². The highest BCUT2D eigenvalue weighted by Gasteiger charge is 2.20. The minimum atomic E-state index is -1.02. The lowest BCUT2D eigenvalue weighted by molar-refractivity contribution is -0.135. The van der Waals surface area contributed by atoms with Crippen molar-refractivity contribution in [3.05, 3.63) is 39.5 Å². The number of hydrogen-bond acceptors (Lipinski definition) is 8. The summed E-state index contributed by atoms with van der Waals surface area (Å²) in [5.41, 5.74) is 12.0. The SMILES string of the molecule is CC(C)C(=O)N1CCCCC1.CCc1ccc(NC(=O)C(N)=O)nc1.CN1CCc2nc(C(N)=O)sc2C1. The molecule has 12 heteroatoms. The van der Waals surface area contributed by atoms with Crippen molar-refractivity contribution in [2.45, 2.75) is 59.4 Å². The number of nitrogens with two attached hydrogens (primary N) is 2. The third kappa shape index (κ3) is 9.82. The van der Waals surface area contributed by atoms with E-state index in [1.807, 2.05) is 31.7 Å². The summed E-state index contributed by atoms with van der Waals surface area (Å²) in [6.07, 6.45) is 7.11. The minimum Gasteiger partial charge on any atom is -0.364 e. The maximum absolute atomic E-state index is 11.4. The average molecular weight is 546 g/mol. The normalized spacial score (nSPS) is 14.8. The van der Waals surface area contributed by atoms with Crippen molar-refractivity contribution in [3.63, 3.8) is 0 Å². The van der Waals surface area contributed by atoms with Gasteiger partial charge >= 0.3 is 11.8 Å². The fraction of sp³-hybridized carbons (Fsp3) is 0.538. The quantitative estimate of drug-likeness (QED) is 0.494. The van der Waals surface area contributed by atoms with Crippen LogP contribution in [0.3, 0.4) is 0 Å². The zero-order valence-corrected chi connectivity index (χ0v) is 23.5. The summed E-state index contributed by atoms with van der Waals surface area (Å²) in [6.45, 7) is 9.80. The van der Waals surface area contributed by atoms with Gasteiger partial charge in [0.1, 0.15) is 5.82 Å². The summed E-state index contributed by atoms with van der Waals surface area (Å²) in [7, 11) is 2.06. The van der Waals surface area contributed by atoms with E-state index in [4.69, 9.17) is 11.5 Å².